The molecule has 0 bridgehead atoms. The van der Waals surface area contributed by atoms with Gasteiger partial charge in [0, 0.05) is 12.6 Å². The molecule has 0 radical (unpaired) electrons. The molecular weight excluding hydrogens is 354 g/mol. The number of rotatable bonds is 12. The summed E-state index contributed by atoms with van der Waals surface area (Å²) in [5, 5.41) is 3.54. The molecule has 1 N–H and O–H groups in total. The number of nitrogens with one attached hydrogen (secondary N) is 1. The van der Waals surface area contributed by atoms with Crippen molar-refractivity contribution in [1.82, 2.24) is 5.32 Å². The molecule has 3 rings (SSSR count). The van der Waals surface area contributed by atoms with Gasteiger partial charge in [-0.3, -0.25) is 0 Å². The van der Waals surface area contributed by atoms with Gasteiger partial charge in [-0.2, -0.15) is 0 Å². The van der Waals surface area contributed by atoms with Crippen LogP contribution in [0.15, 0.2) is 48.5 Å². The maximum atomic E-state index is 5.82. The summed E-state index contributed by atoms with van der Waals surface area (Å²) in [4.78, 5) is 0. The molecule has 0 aromatic heterocycles. The molecule has 0 atom stereocenters. The first-order valence-corrected chi connectivity index (χ1v) is 10.1. The Kier molecular flexibility index (Phi) is 8.47. The molecular formula is C23H31NO4. The monoisotopic (exact) mass is 385 g/mol. The molecule has 2 aromatic carbocycles. The van der Waals surface area contributed by atoms with Crippen molar-refractivity contribution in [3.63, 3.8) is 0 Å². The molecule has 1 saturated carbocycles. The maximum Gasteiger partial charge on any atom is 0.120 e. The predicted molar refractivity (Wildman–Crippen MR) is 110 cm³/mol. The van der Waals surface area contributed by atoms with Gasteiger partial charge in [0.25, 0.3) is 0 Å². The van der Waals surface area contributed by atoms with Crippen LogP contribution in [0, 0.1) is 0 Å². The van der Waals surface area contributed by atoms with Gasteiger partial charge in [-0.05, 0) is 54.8 Å². The molecule has 1 aliphatic rings. The maximum absolute atomic E-state index is 5.82. The highest BCUT2D eigenvalue weighted by molar-refractivity contribution is 5.32. The number of ether oxygens (including phenoxy) is 4. The van der Waals surface area contributed by atoms with Gasteiger partial charge in [0.05, 0.1) is 20.3 Å². The minimum Gasteiger partial charge on any atom is -0.497 e. The normalized spacial score (nSPS) is 14.2. The Hall–Kier alpha value is -2.24. The number of methoxy groups -OCH3 is 1. The third-order valence-corrected chi connectivity index (χ3v) is 4.89. The Labute approximate surface area is 168 Å². The van der Waals surface area contributed by atoms with Crippen molar-refractivity contribution in [1.29, 1.82) is 0 Å². The fourth-order valence-corrected chi connectivity index (χ4v) is 3.35. The zero-order valence-corrected chi connectivity index (χ0v) is 16.7. The van der Waals surface area contributed by atoms with Crippen LogP contribution in [0.3, 0.4) is 0 Å². The van der Waals surface area contributed by atoms with Crippen molar-refractivity contribution < 1.29 is 18.9 Å². The van der Waals surface area contributed by atoms with Crippen molar-refractivity contribution in [2.24, 2.45) is 0 Å². The summed E-state index contributed by atoms with van der Waals surface area (Å²) in [6, 6.07) is 16.2. The van der Waals surface area contributed by atoms with E-state index in [2.05, 4.69) is 5.32 Å². The summed E-state index contributed by atoms with van der Waals surface area (Å²) in [6.07, 6.45) is 5.33. The molecule has 1 fully saturated rings. The van der Waals surface area contributed by atoms with E-state index in [1.165, 1.54) is 25.7 Å². The lowest BCUT2D eigenvalue weighted by Gasteiger charge is -2.12. The van der Waals surface area contributed by atoms with Gasteiger partial charge in [-0.1, -0.05) is 25.0 Å². The smallest absolute Gasteiger partial charge is 0.120 e. The van der Waals surface area contributed by atoms with E-state index in [1.54, 1.807) is 7.11 Å². The lowest BCUT2D eigenvalue weighted by atomic mass is 10.2. The standard InChI is InChI=1S/C23H31NO4/c1-25-23-8-4-5-19(17-23)18-28-22-11-9-21(10-12-22)27-16-15-26-14-13-24-20-6-2-3-7-20/h4-5,8-12,17,20,24H,2-3,6-7,13-16,18H2,1H3. The van der Waals surface area contributed by atoms with E-state index in [1.807, 2.05) is 48.5 Å². The molecule has 0 spiro atoms. The van der Waals surface area contributed by atoms with Crippen molar-refractivity contribution in [3.8, 4) is 17.2 Å². The average Bonchev–Trinajstić information content (AvgIpc) is 3.26. The number of hydrogen-bond donors (Lipinski definition) is 1. The zero-order valence-electron chi connectivity index (χ0n) is 16.7. The molecule has 5 heteroatoms. The molecule has 28 heavy (non-hydrogen) atoms. The minimum atomic E-state index is 0.500. The quantitative estimate of drug-likeness (QED) is 0.555. The topological polar surface area (TPSA) is 49.0 Å². The van der Waals surface area contributed by atoms with Crippen molar-refractivity contribution in [2.75, 3.05) is 33.5 Å². The van der Waals surface area contributed by atoms with E-state index < -0.39 is 0 Å². The summed E-state index contributed by atoms with van der Waals surface area (Å²) in [5.74, 6) is 2.47. The number of benzene rings is 2. The Morgan fingerprint density at radius 3 is 2.36 bits per heavy atom. The predicted octanol–water partition coefficient (Wildman–Crippen LogP) is 4.20. The highest BCUT2D eigenvalue weighted by atomic mass is 16.5. The van der Waals surface area contributed by atoms with Crippen molar-refractivity contribution in [3.05, 3.63) is 54.1 Å². The van der Waals surface area contributed by atoms with Crippen LogP contribution in [0.5, 0.6) is 17.2 Å². The third kappa shape index (κ3) is 7.06. The Bertz CT molecular complexity index is 683. The molecule has 2 aromatic rings. The molecule has 0 unspecified atom stereocenters. The van der Waals surface area contributed by atoms with Crippen LogP contribution in [-0.4, -0.2) is 39.5 Å². The summed E-state index contributed by atoms with van der Waals surface area (Å²) >= 11 is 0. The fourth-order valence-electron chi connectivity index (χ4n) is 3.35. The van der Waals surface area contributed by atoms with E-state index in [0.717, 1.165) is 36.0 Å². The molecule has 0 amide bonds. The fraction of sp³-hybridized carbons (Fsp3) is 0.478. The molecule has 5 nitrogen and oxygen atoms in total. The summed E-state index contributed by atoms with van der Waals surface area (Å²) in [7, 11) is 1.66. The summed E-state index contributed by atoms with van der Waals surface area (Å²) in [6.45, 7) is 3.30. The van der Waals surface area contributed by atoms with Crippen LogP contribution in [-0.2, 0) is 11.3 Å². The van der Waals surface area contributed by atoms with Crippen LogP contribution >= 0.6 is 0 Å². The van der Waals surface area contributed by atoms with Gasteiger partial charge in [0.2, 0.25) is 0 Å². The minimum absolute atomic E-state index is 0.500. The van der Waals surface area contributed by atoms with E-state index in [9.17, 15) is 0 Å². The van der Waals surface area contributed by atoms with Gasteiger partial charge in [-0.15, -0.1) is 0 Å². The van der Waals surface area contributed by atoms with Gasteiger partial charge in [0.15, 0.2) is 0 Å². The molecule has 0 heterocycles. The second kappa shape index (κ2) is 11.6. The highest BCUT2D eigenvalue weighted by Gasteiger charge is 2.13. The first kappa shape index (κ1) is 20.5. The van der Waals surface area contributed by atoms with Gasteiger partial charge < -0.3 is 24.3 Å². The van der Waals surface area contributed by atoms with Crippen molar-refractivity contribution >= 4 is 0 Å². The van der Waals surface area contributed by atoms with Crippen LogP contribution < -0.4 is 19.5 Å². The van der Waals surface area contributed by atoms with Gasteiger partial charge in [0.1, 0.15) is 30.5 Å². The van der Waals surface area contributed by atoms with Gasteiger partial charge >= 0.3 is 0 Å². The van der Waals surface area contributed by atoms with Crippen LogP contribution in [0.2, 0.25) is 0 Å². The SMILES string of the molecule is COc1cccc(COc2ccc(OCCOCCNC3CCCC3)cc2)c1. The second-order valence-electron chi connectivity index (χ2n) is 7.01. The van der Waals surface area contributed by atoms with Crippen LogP contribution in [0.4, 0.5) is 0 Å². The average molecular weight is 386 g/mol. The van der Waals surface area contributed by atoms with E-state index in [0.29, 0.717) is 25.9 Å². The third-order valence-electron chi connectivity index (χ3n) is 4.89. The second-order valence-corrected chi connectivity index (χ2v) is 7.01. The highest BCUT2D eigenvalue weighted by Crippen LogP contribution is 2.20. The summed E-state index contributed by atoms with van der Waals surface area (Å²) < 4.78 is 22.4. The first-order chi connectivity index (χ1) is 13.8. The molecule has 1 aliphatic carbocycles. The summed E-state index contributed by atoms with van der Waals surface area (Å²) in [5.41, 5.74) is 1.07. The number of hydrogen-bond acceptors (Lipinski definition) is 5. The Morgan fingerprint density at radius 2 is 1.61 bits per heavy atom. The lowest BCUT2D eigenvalue weighted by Crippen LogP contribution is -2.29. The van der Waals surface area contributed by atoms with Crippen LogP contribution in [0.25, 0.3) is 0 Å². The van der Waals surface area contributed by atoms with Gasteiger partial charge in [-0.25, -0.2) is 0 Å². The Morgan fingerprint density at radius 1 is 0.857 bits per heavy atom. The lowest BCUT2D eigenvalue weighted by molar-refractivity contribution is 0.100. The van der Waals surface area contributed by atoms with Crippen molar-refractivity contribution in [2.45, 2.75) is 38.3 Å². The van der Waals surface area contributed by atoms with E-state index >= 15 is 0 Å². The van der Waals surface area contributed by atoms with Crippen LogP contribution in [0.1, 0.15) is 31.2 Å². The van der Waals surface area contributed by atoms with E-state index in [-0.39, 0.29) is 0 Å². The Balaban J connectivity index is 1.27. The zero-order chi connectivity index (χ0) is 19.4. The molecule has 152 valence electrons. The molecule has 0 saturated heterocycles. The largest absolute Gasteiger partial charge is 0.497 e. The molecule has 0 aliphatic heterocycles. The van der Waals surface area contributed by atoms with E-state index in [4.69, 9.17) is 18.9 Å². The first-order valence-electron chi connectivity index (χ1n) is 10.1.